The Labute approximate surface area is 114 Å². The zero-order valence-corrected chi connectivity index (χ0v) is 11.9. The molecule has 0 radical (unpaired) electrons. The molecule has 0 aliphatic carbocycles. The first-order valence-electron chi connectivity index (χ1n) is 6.83. The lowest BCUT2D eigenvalue weighted by molar-refractivity contribution is 0.0991. The average Bonchev–Trinajstić information content (AvgIpc) is 2.38. The zero-order chi connectivity index (χ0) is 14.3. The molecule has 0 saturated carbocycles. The Morgan fingerprint density at radius 3 is 2.58 bits per heavy atom. The standard InChI is InChI=1S/C15H24FNO2/c1-4-14(11(2)3)17-9-12(18)10-19-15-8-6-5-7-13(15)16/h5-8,11-12,14,17-18H,4,9-10H2,1-3H3. The average molecular weight is 269 g/mol. The number of nitrogens with one attached hydrogen (secondary N) is 1. The first-order chi connectivity index (χ1) is 9.04. The predicted octanol–water partition coefficient (Wildman–Crippen LogP) is 2.59. The molecule has 4 heteroatoms. The number of ether oxygens (including phenoxy) is 1. The quantitative estimate of drug-likeness (QED) is 0.762. The summed E-state index contributed by atoms with van der Waals surface area (Å²) in [5.41, 5.74) is 0. The van der Waals surface area contributed by atoms with Crippen molar-refractivity contribution in [1.29, 1.82) is 0 Å². The molecule has 3 nitrogen and oxygen atoms in total. The van der Waals surface area contributed by atoms with Gasteiger partial charge in [0.2, 0.25) is 0 Å². The van der Waals surface area contributed by atoms with Crippen LogP contribution in [0.25, 0.3) is 0 Å². The Hall–Kier alpha value is -1.13. The molecule has 1 aromatic carbocycles. The first-order valence-corrected chi connectivity index (χ1v) is 6.83. The van der Waals surface area contributed by atoms with Crippen LogP contribution >= 0.6 is 0 Å². The van der Waals surface area contributed by atoms with Gasteiger partial charge in [-0.25, -0.2) is 4.39 Å². The van der Waals surface area contributed by atoms with E-state index in [2.05, 4.69) is 26.1 Å². The Morgan fingerprint density at radius 1 is 1.32 bits per heavy atom. The van der Waals surface area contributed by atoms with Crippen LogP contribution in [0.15, 0.2) is 24.3 Å². The summed E-state index contributed by atoms with van der Waals surface area (Å²) in [6, 6.07) is 6.58. The molecule has 0 aliphatic heterocycles. The van der Waals surface area contributed by atoms with Crippen LogP contribution in [-0.4, -0.2) is 30.4 Å². The van der Waals surface area contributed by atoms with Gasteiger partial charge in [0, 0.05) is 12.6 Å². The van der Waals surface area contributed by atoms with Crippen molar-refractivity contribution in [3.05, 3.63) is 30.1 Å². The van der Waals surface area contributed by atoms with Crippen LogP contribution in [-0.2, 0) is 0 Å². The molecule has 0 aliphatic rings. The van der Waals surface area contributed by atoms with Crippen molar-refractivity contribution < 1.29 is 14.2 Å². The third-order valence-corrected chi connectivity index (χ3v) is 3.13. The van der Waals surface area contributed by atoms with Gasteiger partial charge in [-0.15, -0.1) is 0 Å². The van der Waals surface area contributed by atoms with Gasteiger partial charge in [-0.2, -0.15) is 0 Å². The summed E-state index contributed by atoms with van der Waals surface area (Å²) in [5.74, 6) is 0.290. The van der Waals surface area contributed by atoms with Crippen LogP contribution in [0.2, 0.25) is 0 Å². The van der Waals surface area contributed by atoms with E-state index in [1.54, 1.807) is 18.2 Å². The molecule has 1 rings (SSSR count). The largest absolute Gasteiger partial charge is 0.488 e. The second-order valence-electron chi connectivity index (χ2n) is 5.06. The van der Waals surface area contributed by atoms with Crippen molar-refractivity contribution in [3.8, 4) is 5.75 Å². The number of hydrogen-bond donors (Lipinski definition) is 2. The van der Waals surface area contributed by atoms with Crippen LogP contribution in [0.5, 0.6) is 5.75 Å². The van der Waals surface area contributed by atoms with Crippen LogP contribution < -0.4 is 10.1 Å². The molecule has 1 aromatic rings. The minimum Gasteiger partial charge on any atom is -0.488 e. The second-order valence-corrected chi connectivity index (χ2v) is 5.06. The number of benzene rings is 1. The highest BCUT2D eigenvalue weighted by Gasteiger charge is 2.13. The summed E-state index contributed by atoms with van der Waals surface area (Å²) in [5, 5.41) is 13.1. The van der Waals surface area contributed by atoms with Crippen LogP contribution in [0.3, 0.4) is 0 Å². The van der Waals surface area contributed by atoms with Crippen molar-refractivity contribution in [2.45, 2.75) is 39.3 Å². The van der Waals surface area contributed by atoms with Crippen LogP contribution in [0.4, 0.5) is 4.39 Å². The summed E-state index contributed by atoms with van der Waals surface area (Å²) in [6.07, 6.45) is 0.367. The minimum absolute atomic E-state index is 0.0858. The van der Waals surface area contributed by atoms with E-state index in [4.69, 9.17) is 4.74 Å². The van der Waals surface area contributed by atoms with E-state index < -0.39 is 11.9 Å². The molecular formula is C15H24FNO2. The fourth-order valence-electron chi connectivity index (χ4n) is 1.95. The SMILES string of the molecule is CCC(NCC(O)COc1ccccc1F)C(C)C. The molecule has 0 bridgehead atoms. The number of halogens is 1. The molecule has 2 unspecified atom stereocenters. The van der Waals surface area contributed by atoms with Gasteiger partial charge >= 0.3 is 0 Å². The van der Waals surface area contributed by atoms with E-state index in [1.165, 1.54) is 6.07 Å². The van der Waals surface area contributed by atoms with Gasteiger partial charge in [0.05, 0.1) is 0 Å². The maximum Gasteiger partial charge on any atom is 0.165 e. The molecule has 0 amide bonds. The third kappa shape index (κ3) is 5.57. The van der Waals surface area contributed by atoms with Gasteiger partial charge in [0.25, 0.3) is 0 Å². The maximum atomic E-state index is 13.3. The van der Waals surface area contributed by atoms with Crippen molar-refractivity contribution in [2.24, 2.45) is 5.92 Å². The molecule has 0 aromatic heterocycles. The second kappa shape index (κ2) is 8.12. The lowest BCUT2D eigenvalue weighted by Gasteiger charge is -2.22. The van der Waals surface area contributed by atoms with Crippen molar-refractivity contribution in [3.63, 3.8) is 0 Å². The van der Waals surface area contributed by atoms with Crippen molar-refractivity contribution in [1.82, 2.24) is 5.32 Å². The monoisotopic (exact) mass is 269 g/mol. The highest BCUT2D eigenvalue weighted by molar-refractivity contribution is 5.23. The molecule has 0 saturated heterocycles. The Bertz CT molecular complexity index is 371. The van der Waals surface area contributed by atoms with E-state index in [0.29, 0.717) is 18.5 Å². The molecule has 2 atom stereocenters. The molecule has 2 N–H and O–H groups in total. The van der Waals surface area contributed by atoms with E-state index >= 15 is 0 Å². The predicted molar refractivity (Wildman–Crippen MR) is 74.8 cm³/mol. The van der Waals surface area contributed by atoms with Gasteiger partial charge < -0.3 is 15.2 Å². The van der Waals surface area contributed by atoms with E-state index in [1.807, 2.05) is 0 Å². The summed E-state index contributed by atoms with van der Waals surface area (Å²) in [4.78, 5) is 0. The summed E-state index contributed by atoms with van der Waals surface area (Å²) in [6.45, 7) is 6.93. The summed E-state index contributed by atoms with van der Waals surface area (Å²) in [7, 11) is 0. The maximum absolute atomic E-state index is 13.3. The van der Waals surface area contributed by atoms with Gasteiger partial charge in [-0.1, -0.05) is 32.9 Å². The third-order valence-electron chi connectivity index (χ3n) is 3.13. The molecule has 19 heavy (non-hydrogen) atoms. The van der Waals surface area contributed by atoms with Gasteiger partial charge in [0.15, 0.2) is 11.6 Å². The van der Waals surface area contributed by atoms with Gasteiger partial charge in [-0.3, -0.25) is 0 Å². The Balaban J connectivity index is 2.32. The number of rotatable bonds is 8. The number of hydrogen-bond acceptors (Lipinski definition) is 3. The number of aliphatic hydroxyl groups excluding tert-OH is 1. The molecule has 0 fully saturated rings. The summed E-state index contributed by atoms with van der Waals surface area (Å²) >= 11 is 0. The lowest BCUT2D eigenvalue weighted by Crippen LogP contribution is -2.40. The van der Waals surface area contributed by atoms with Gasteiger partial charge in [-0.05, 0) is 24.5 Å². The van der Waals surface area contributed by atoms with Crippen LogP contribution in [0.1, 0.15) is 27.2 Å². The number of aliphatic hydroxyl groups is 1. The minimum atomic E-state index is -0.646. The zero-order valence-electron chi connectivity index (χ0n) is 11.9. The highest BCUT2D eigenvalue weighted by atomic mass is 19.1. The van der Waals surface area contributed by atoms with Crippen LogP contribution in [0, 0.1) is 11.7 Å². The lowest BCUT2D eigenvalue weighted by atomic mass is 10.0. The molecule has 0 heterocycles. The van der Waals surface area contributed by atoms with Crippen molar-refractivity contribution in [2.75, 3.05) is 13.2 Å². The molecule has 0 spiro atoms. The van der Waals surface area contributed by atoms with Gasteiger partial charge in [0.1, 0.15) is 12.7 Å². The Morgan fingerprint density at radius 2 is 2.00 bits per heavy atom. The smallest absolute Gasteiger partial charge is 0.165 e. The molecular weight excluding hydrogens is 245 g/mol. The fourth-order valence-corrected chi connectivity index (χ4v) is 1.95. The first kappa shape index (κ1) is 15.9. The Kier molecular flexibility index (Phi) is 6.81. The summed E-state index contributed by atoms with van der Waals surface area (Å²) < 4.78 is 18.6. The van der Waals surface area contributed by atoms with E-state index in [-0.39, 0.29) is 12.4 Å². The van der Waals surface area contributed by atoms with E-state index in [0.717, 1.165) is 6.42 Å². The van der Waals surface area contributed by atoms with Crippen molar-refractivity contribution >= 4 is 0 Å². The fraction of sp³-hybridized carbons (Fsp3) is 0.600. The highest BCUT2D eigenvalue weighted by Crippen LogP contribution is 2.15. The topological polar surface area (TPSA) is 41.5 Å². The molecule has 108 valence electrons. The number of para-hydroxylation sites is 1. The normalized spacial score (nSPS) is 14.4. The van der Waals surface area contributed by atoms with E-state index in [9.17, 15) is 9.50 Å².